The van der Waals surface area contributed by atoms with Crippen molar-refractivity contribution in [2.75, 3.05) is 5.75 Å². The second-order valence-electron chi connectivity index (χ2n) is 17.9. The van der Waals surface area contributed by atoms with Crippen molar-refractivity contribution in [1.29, 1.82) is 0 Å². The van der Waals surface area contributed by atoms with E-state index in [0.717, 1.165) is 66.0 Å². The van der Waals surface area contributed by atoms with Gasteiger partial charge in [-0.15, -0.1) is 0 Å². The van der Waals surface area contributed by atoms with E-state index in [1.54, 1.807) is 0 Å². The largest absolute Gasteiger partial charge is 0.295 e. The molecule has 1 saturated heterocycles. The molecule has 2 unspecified atom stereocenters. The first-order valence-corrected chi connectivity index (χ1v) is 25.7. The molecular weight excluding hydrogens is 745 g/mol. The van der Waals surface area contributed by atoms with E-state index >= 15 is 0 Å². The number of halogens is 1. The molecule has 0 aromatic carbocycles. The molecule has 48 heavy (non-hydrogen) atoms. The van der Waals surface area contributed by atoms with E-state index in [4.69, 9.17) is 0 Å². The maximum atomic E-state index is 12.2. The Balaban J connectivity index is 1.06. The quantitative estimate of drug-likeness (QED) is 0.125. The molecule has 1 aliphatic heterocycles. The van der Waals surface area contributed by atoms with Crippen LogP contribution in [-0.2, 0) is 11.8 Å². The Hall–Kier alpha value is 0.400. The van der Waals surface area contributed by atoms with Crippen LogP contribution >= 0.6 is 33.0 Å². The number of nitrogens with zero attached hydrogens (tertiary/aromatic N) is 1. The van der Waals surface area contributed by atoms with E-state index in [1.807, 2.05) is 17.8 Å². The average molecular weight is 814 g/mol. The summed E-state index contributed by atoms with van der Waals surface area (Å²) in [7, 11) is -3.23. The third kappa shape index (κ3) is 10.3. The fourth-order valence-electron chi connectivity index (χ4n) is 11.8. The van der Waals surface area contributed by atoms with Gasteiger partial charge in [0.15, 0.2) is 5.78 Å². The first-order valence-electron chi connectivity index (χ1n) is 20.6. The van der Waals surface area contributed by atoms with Crippen molar-refractivity contribution < 1.29 is 13.2 Å². The maximum Gasteiger partial charge on any atom is 0.207 e. The highest BCUT2D eigenvalue weighted by molar-refractivity contribution is 14.2. The van der Waals surface area contributed by atoms with Crippen molar-refractivity contribution >= 4 is 45.8 Å². The zero-order valence-electron chi connectivity index (χ0n) is 30.6. The lowest BCUT2D eigenvalue weighted by molar-refractivity contribution is -0.113. The van der Waals surface area contributed by atoms with Crippen molar-refractivity contribution in [3.05, 3.63) is 11.6 Å². The number of ketones is 1. The van der Waals surface area contributed by atoms with Gasteiger partial charge in [-0.1, -0.05) is 45.6 Å². The first-order chi connectivity index (χ1) is 23.0. The number of thioether (sulfide) groups is 1. The van der Waals surface area contributed by atoms with Gasteiger partial charge < -0.3 is 0 Å². The van der Waals surface area contributed by atoms with Gasteiger partial charge in [0.05, 0.1) is 27.0 Å². The summed E-state index contributed by atoms with van der Waals surface area (Å²) in [6.45, 7) is 6.45. The monoisotopic (exact) mass is 813 g/mol. The molecule has 2 atom stereocenters. The maximum absolute atomic E-state index is 12.2. The number of carbonyl (C=O) groups is 1. The Bertz CT molecular complexity index is 1120. The number of hydrogen-bond donors (Lipinski definition) is 0. The average Bonchev–Trinajstić information content (AvgIpc) is 3.54. The predicted molar refractivity (Wildman–Crippen MR) is 212 cm³/mol. The lowest BCUT2D eigenvalue weighted by Gasteiger charge is -2.51. The second kappa shape index (κ2) is 17.5. The summed E-state index contributed by atoms with van der Waals surface area (Å²) in [6, 6.07) is 2.41. The van der Waals surface area contributed by atoms with Crippen LogP contribution in [0.5, 0.6) is 0 Å². The van der Waals surface area contributed by atoms with Crippen LogP contribution in [0.4, 0.5) is 0 Å². The van der Waals surface area contributed by atoms with E-state index in [2.05, 4.69) is 18.7 Å². The van der Waals surface area contributed by atoms with Gasteiger partial charge in [-0.2, -0.15) is 11.8 Å². The number of carbonyl (C=O) groups excluding carboxylic acids is 1. The van der Waals surface area contributed by atoms with E-state index < -0.39 is 7.01 Å². The van der Waals surface area contributed by atoms with Crippen LogP contribution in [0.2, 0.25) is 0 Å². The minimum absolute atomic E-state index is 0.0929. The normalized spacial score (nSPS) is 42.1. The first kappa shape index (κ1) is 38.1. The molecule has 7 heteroatoms. The highest BCUT2D eigenvalue weighted by Crippen LogP contribution is 2.48. The summed E-state index contributed by atoms with van der Waals surface area (Å²) in [5, 5.41) is 0.943. The summed E-state index contributed by atoms with van der Waals surface area (Å²) in [5.41, 5.74) is 0.488. The molecule has 0 N–H and O–H groups in total. The summed E-state index contributed by atoms with van der Waals surface area (Å²) in [6.07, 6.45) is 33.4. The molecule has 5 saturated carbocycles. The third-order valence-electron chi connectivity index (χ3n) is 14.7. The zero-order valence-corrected chi connectivity index (χ0v) is 34.4. The van der Waals surface area contributed by atoms with Crippen LogP contribution in [0.3, 0.4) is 0 Å². The topological polar surface area (TPSA) is 54.5 Å². The standard InChI is InChI=1S/C41H68INO3S2/c1-28-4-8-31(9-5-28)33-12-18-37(19-13-33)43(38-20-14-34(15-21-38)32-10-6-29(2)7-11-32)39-22-16-35(17-23-39)41-25-24-40(47-41)26-36(30(3)44)27-48(42,45)46/h26,28-29,31-35,37-41H,4-25,27H2,1-3H3/b36-26+. The van der Waals surface area contributed by atoms with Gasteiger partial charge in [0.2, 0.25) is 7.01 Å². The van der Waals surface area contributed by atoms with Crippen LogP contribution in [0, 0.1) is 41.4 Å². The Morgan fingerprint density at radius 1 is 0.604 bits per heavy atom. The Labute approximate surface area is 311 Å². The lowest BCUT2D eigenvalue weighted by Crippen LogP contribution is -2.53. The number of rotatable bonds is 10. The Morgan fingerprint density at radius 2 is 0.979 bits per heavy atom. The predicted octanol–water partition coefficient (Wildman–Crippen LogP) is 11.2. The Morgan fingerprint density at radius 3 is 1.35 bits per heavy atom. The molecule has 5 aliphatic carbocycles. The molecule has 6 aliphatic rings. The van der Waals surface area contributed by atoms with E-state index in [9.17, 15) is 13.2 Å². The number of hydrogen-bond acceptors (Lipinski definition) is 5. The molecule has 0 spiro atoms. The molecule has 4 nitrogen and oxygen atoms in total. The van der Waals surface area contributed by atoms with Crippen molar-refractivity contribution in [3.8, 4) is 0 Å². The minimum atomic E-state index is -3.23. The van der Waals surface area contributed by atoms with Gasteiger partial charge in [0, 0.05) is 34.2 Å². The highest BCUT2D eigenvalue weighted by atomic mass is 127. The minimum Gasteiger partial charge on any atom is -0.295 e. The van der Waals surface area contributed by atoms with Crippen molar-refractivity contribution in [2.24, 2.45) is 41.4 Å². The number of Topliss-reactive ketones (excluding diaryl/α,β-unsaturated/α-hetero) is 1. The van der Waals surface area contributed by atoms with Crippen molar-refractivity contribution in [3.63, 3.8) is 0 Å². The SMILES string of the molecule is CC(=O)/C(=C/C1CCC(C2CCC(N(C3CCC(C4CCC(C)CC4)CC3)C3CCC(C4CCC(C)CC4)CC3)CC2)S1)CS(=O)(=O)I. The van der Waals surface area contributed by atoms with Gasteiger partial charge in [-0.25, -0.2) is 8.42 Å². The Kier molecular flexibility index (Phi) is 13.9. The van der Waals surface area contributed by atoms with E-state index in [-0.39, 0.29) is 16.8 Å². The summed E-state index contributed by atoms with van der Waals surface area (Å²) < 4.78 is 23.9. The summed E-state index contributed by atoms with van der Waals surface area (Å²) in [4.78, 5) is 15.4. The van der Waals surface area contributed by atoms with Crippen molar-refractivity contribution in [2.45, 2.75) is 191 Å². The van der Waals surface area contributed by atoms with Gasteiger partial charge in [-0.3, -0.25) is 9.69 Å². The van der Waals surface area contributed by atoms with Crippen LogP contribution in [0.25, 0.3) is 0 Å². The molecule has 6 fully saturated rings. The van der Waals surface area contributed by atoms with Gasteiger partial charge in [0.1, 0.15) is 0 Å². The van der Waals surface area contributed by atoms with Crippen LogP contribution in [0.15, 0.2) is 11.6 Å². The fraction of sp³-hybridized carbons (Fsp3) is 0.927. The molecule has 6 rings (SSSR count). The molecule has 274 valence electrons. The van der Waals surface area contributed by atoms with Crippen LogP contribution in [0.1, 0.15) is 162 Å². The smallest absolute Gasteiger partial charge is 0.207 e. The molecule has 1 heterocycles. The van der Waals surface area contributed by atoms with Crippen molar-refractivity contribution in [1.82, 2.24) is 4.90 Å². The summed E-state index contributed by atoms with van der Waals surface area (Å²) >= 11 is 3.52. The van der Waals surface area contributed by atoms with Crippen LogP contribution in [-0.4, -0.2) is 53.5 Å². The van der Waals surface area contributed by atoms with E-state index in [0.29, 0.717) is 10.8 Å². The fourth-order valence-corrected chi connectivity index (χ4v) is 15.2. The molecule has 0 amide bonds. The highest BCUT2D eigenvalue weighted by Gasteiger charge is 2.42. The molecular formula is C41H68INO3S2. The third-order valence-corrected chi connectivity index (χ3v) is 18.0. The van der Waals surface area contributed by atoms with Gasteiger partial charge >= 0.3 is 0 Å². The summed E-state index contributed by atoms with van der Waals surface area (Å²) in [5.74, 6) is 6.49. The molecule has 0 aromatic heterocycles. The molecule has 0 radical (unpaired) electrons. The van der Waals surface area contributed by atoms with E-state index in [1.165, 1.54) is 163 Å². The molecule has 0 bridgehead atoms. The lowest BCUT2D eigenvalue weighted by atomic mass is 9.68. The molecule has 0 aromatic rings. The van der Waals surface area contributed by atoms with Crippen LogP contribution < -0.4 is 0 Å². The van der Waals surface area contributed by atoms with Gasteiger partial charge in [0.25, 0.3) is 0 Å². The second-order valence-corrected chi connectivity index (χ2v) is 24.8. The van der Waals surface area contributed by atoms with Gasteiger partial charge in [-0.05, 0) is 164 Å². The zero-order chi connectivity index (χ0) is 33.8.